The predicted molar refractivity (Wildman–Crippen MR) is 97.4 cm³/mol. The number of esters is 1. The fraction of sp³-hybridized carbons (Fsp3) is 0.188. The molecule has 1 aromatic carbocycles. The Bertz CT molecular complexity index is 840. The highest BCUT2D eigenvalue weighted by Crippen LogP contribution is 2.37. The van der Waals surface area contributed by atoms with Crippen LogP contribution in [0.15, 0.2) is 41.0 Å². The number of rotatable bonds is 5. The molecule has 0 spiro atoms. The topological polar surface area (TPSA) is 52.1 Å². The molecule has 0 atom stereocenters. The van der Waals surface area contributed by atoms with Crippen molar-refractivity contribution >= 4 is 51.7 Å². The molecule has 24 heavy (non-hydrogen) atoms. The number of thioether (sulfide) groups is 1. The van der Waals surface area contributed by atoms with Crippen molar-refractivity contribution in [1.82, 2.24) is 9.97 Å². The summed E-state index contributed by atoms with van der Waals surface area (Å²) in [5, 5.41) is 3.59. The van der Waals surface area contributed by atoms with Crippen molar-refractivity contribution in [1.29, 1.82) is 0 Å². The summed E-state index contributed by atoms with van der Waals surface area (Å²) in [6.45, 7) is 2.13. The summed E-state index contributed by atoms with van der Waals surface area (Å²) >= 11 is 2.82. The molecule has 3 rings (SSSR count). The second-order valence-electron chi connectivity index (χ2n) is 4.61. The Morgan fingerprint density at radius 3 is 2.75 bits per heavy atom. The highest BCUT2D eigenvalue weighted by Gasteiger charge is 2.15. The first-order valence-corrected chi connectivity index (χ1v) is 8.82. The molecule has 2 aromatic heterocycles. The molecule has 3 aromatic rings. The molecule has 0 aliphatic rings. The van der Waals surface area contributed by atoms with Crippen LogP contribution in [0.25, 0.3) is 21.3 Å². The van der Waals surface area contributed by atoms with E-state index < -0.39 is 0 Å². The van der Waals surface area contributed by atoms with Crippen LogP contribution in [0.2, 0.25) is 0 Å². The van der Waals surface area contributed by atoms with Gasteiger partial charge in [-0.05, 0) is 24.6 Å². The van der Waals surface area contributed by atoms with E-state index in [9.17, 15) is 9.18 Å². The third-order valence-corrected chi connectivity index (χ3v) is 4.97. The van der Waals surface area contributed by atoms with Crippen molar-refractivity contribution in [2.24, 2.45) is 0 Å². The molecule has 0 bridgehead atoms. The molecule has 4 nitrogen and oxygen atoms in total. The third kappa shape index (κ3) is 4.03. The molecule has 0 aliphatic carbocycles. The summed E-state index contributed by atoms with van der Waals surface area (Å²) in [5.74, 6) is -0.358. The Hall–Kier alpha value is -1.70. The van der Waals surface area contributed by atoms with Gasteiger partial charge in [-0.1, -0.05) is 23.9 Å². The highest BCUT2D eigenvalue weighted by molar-refractivity contribution is 8.00. The van der Waals surface area contributed by atoms with E-state index in [2.05, 4.69) is 9.97 Å². The normalized spacial score (nSPS) is 10.4. The van der Waals surface area contributed by atoms with E-state index in [1.807, 2.05) is 5.38 Å². The van der Waals surface area contributed by atoms with Crippen LogP contribution in [0.1, 0.15) is 6.92 Å². The molecule has 0 radical (unpaired) electrons. The standard InChI is InChI=1S/C16H13FN2O2S2.ClH/c1-2-21-13(20)8-23-16-14-12(7-22-15(14)18-9-19-16)10-3-5-11(17)6-4-10;/h3-7,9H,2,8H2,1H3;1H. The number of hydrogen-bond acceptors (Lipinski definition) is 6. The van der Waals surface area contributed by atoms with Crippen molar-refractivity contribution in [3.05, 3.63) is 41.8 Å². The van der Waals surface area contributed by atoms with Crippen molar-refractivity contribution in [2.75, 3.05) is 12.4 Å². The average Bonchev–Trinajstić information content (AvgIpc) is 2.98. The smallest absolute Gasteiger partial charge is 0.316 e. The Labute approximate surface area is 152 Å². The van der Waals surface area contributed by atoms with Crippen LogP contribution in [0.5, 0.6) is 0 Å². The Balaban J connectivity index is 0.00000208. The number of halogens is 2. The van der Waals surface area contributed by atoms with Crippen LogP contribution in [-0.2, 0) is 9.53 Å². The summed E-state index contributed by atoms with van der Waals surface area (Å²) < 4.78 is 18.1. The Morgan fingerprint density at radius 2 is 2.04 bits per heavy atom. The first-order valence-electron chi connectivity index (χ1n) is 6.95. The van der Waals surface area contributed by atoms with Crippen molar-refractivity contribution in [3.63, 3.8) is 0 Å². The summed E-state index contributed by atoms with van der Waals surface area (Å²) in [6.07, 6.45) is 1.49. The van der Waals surface area contributed by atoms with Gasteiger partial charge < -0.3 is 4.74 Å². The molecule has 2 heterocycles. The summed E-state index contributed by atoms with van der Waals surface area (Å²) in [7, 11) is 0. The Morgan fingerprint density at radius 1 is 1.29 bits per heavy atom. The molecular formula is C16H14ClFN2O2S2. The van der Waals surface area contributed by atoms with Gasteiger partial charge >= 0.3 is 5.97 Å². The number of benzene rings is 1. The van der Waals surface area contributed by atoms with Gasteiger partial charge in [0.05, 0.1) is 17.7 Å². The maximum atomic E-state index is 13.1. The number of ether oxygens (including phenoxy) is 1. The number of aromatic nitrogens is 2. The zero-order chi connectivity index (χ0) is 16.2. The first-order chi connectivity index (χ1) is 11.2. The van der Waals surface area contributed by atoms with E-state index in [0.29, 0.717) is 6.61 Å². The van der Waals surface area contributed by atoms with Crippen LogP contribution < -0.4 is 0 Å². The third-order valence-electron chi connectivity index (χ3n) is 3.12. The monoisotopic (exact) mass is 384 g/mol. The van der Waals surface area contributed by atoms with Crippen LogP contribution in [-0.4, -0.2) is 28.3 Å². The largest absolute Gasteiger partial charge is 0.465 e. The number of thiophene rings is 1. The number of nitrogens with zero attached hydrogens (tertiary/aromatic N) is 2. The maximum absolute atomic E-state index is 13.1. The lowest BCUT2D eigenvalue weighted by molar-refractivity contribution is -0.139. The molecule has 0 saturated carbocycles. The van der Waals surface area contributed by atoms with E-state index >= 15 is 0 Å². The Kier molecular flexibility index (Phi) is 6.53. The maximum Gasteiger partial charge on any atom is 0.316 e. The first kappa shape index (κ1) is 18.6. The van der Waals surface area contributed by atoms with Gasteiger partial charge in [0.15, 0.2) is 0 Å². The molecule has 8 heteroatoms. The van der Waals surface area contributed by atoms with Crippen LogP contribution in [0.3, 0.4) is 0 Å². The van der Waals surface area contributed by atoms with Gasteiger partial charge in [-0.25, -0.2) is 14.4 Å². The van der Waals surface area contributed by atoms with Crippen molar-refractivity contribution in [2.45, 2.75) is 11.9 Å². The number of carbonyl (C=O) groups excluding carboxylic acids is 1. The molecule has 0 unspecified atom stereocenters. The van der Waals surface area contributed by atoms with Crippen LogP contribution in [0, 0.1) is 5.82 Å². The predicted octanol–water partition coefficient (Wildman–Crippen LogP) is 4.57. The summed E-state index contributed by atoms with van der Waals surface area (Å²) in [6, 6.07) is 6.30. The van der Waals surface area contributed by atoms with E-state index in [4.69, 9.17) is 4.74 Å². The lowest BCUT2D eigenvalue weighted by atomic mass is 10.1. The minimum absolute atomic E-state index is 0. The second kappa shape index (κ2) is 8.41. The van der Waals surface area contributed by atoms with E-state index in [0.717, 1.165) is 26.4 Å². The fourth-order valence-corrected chi connectivity index (χ4v) is 3.92. The van der Waals surface area contributed by atoms with Crippen molar-refractivity contribution in [3.8, 4) is 11.1 Å². The molecule has 0 fully saturated rings. The van der Waals surface area contributed by atoms with Gasteiger partial charge in [-0.2, -0.15) is 0 Å². The summed E-state index contributed by atoms with van der Waals surface area (Å²) in [5.41, 5.74) is 1.84. The average molecular weight is 385 g/mol. The van der Waals surface area contributed by atoms with Crippen molar-refractivity contribution < 1.29 is 13.9 Å². The minimum atomic E-state index is -0.276. The quantitative estimate of drug-likeness (QED) is 0.366. The lowest BCUT2D eigenvalue weighted by Crippen LogP contribution is -2.06. The number of hydrogen-bond donors (Lipinski definition) is 0. The highest BCUT2D eigenvalue weighted by atomic mass is 35.5. The number of fused-ring (bicyclic) bond motifs is 1. The van der Waals surface area contributed by atoms with Gasteiger partial charge in [-0.3, -0.25) is 4.79 Å². The van der Waals surface area contributed by atoms with Crippen LogP contribution in [0.4, 0.5) is 4.39 Å². The molecular weight excluding hydrogens is 371 g/mol. The zero-order valence-electron chi connectivity index (χ0n) is 12.7. The van der Waals surface area contributed by atoms with Gasteiger partial charge in [-0.15, -0.1) is 23.7 Å². The molecule has 0 aliphatic heterocycles. The van der Waals surface area contributed by atoms with E-state index in [-0.39, 0.29) is 29.9 Å². The molecule has 126 valence electrons. The van der Waals surface area contributed by atoms with Gasteiger partial charge in [0.25, 0.3) is 0 Å². The molecule has 0 amide bonds. The fourth-order valence-electron chi connectivity index (χ4n) is 2.13. The van der Waals surface area contributed by atoms with Gasteiger partial charge in [0.1, 0.15) is 22.0 Å². The van der Waals surface area contributed by atoms with E-state index in [1.165, 1.54) is 41.6 Å². The van der Waals surface area contributed by atoms with Crippen LogP contribution >= 0.6 is 35.5 Å². The van der Waals surface area contributed by atoms with Gasteiger partial charge in [0, 0.05) is 10.9 Å². The number of carbonyl (C=O) groups is 1. The zero-order valence-corrected chi connectivity index (χ0v) is 15.1. The summed E-state index contributed by atoms with van der Waals surface area (Å²) in [4.78, 5) is 21.0. The minimum Gasteiger partial charge on any atom is -0.465 e. The van der Waals surface area contributed by atoms with Gasteiger partial charge in [0.2, 0.25) is 0 Å². The SMILES string of the molecule is CCOC(=O)CSc1ncnc2scc(-c3ccc(F)cc3)c12.Cl. The second-order valence-corrected chi connectivity index (χ2v) is 6.43. The van der Waals surface area contributed by atoms with E-state index in [1.54, 1.807) is 19.1 Å². The molecule has 0 N–H and O–H groups in total. The lowest BCUT2D eigenvalue weighted by Gasteiger charge is -2.05. The molecule has 0 saturated heterocycles.